The third kappa shape index (κ3) is 5.92. The number of anilines is 2. The number of allylic oxidation sites excluding steroid dienone is 3. The molecular formula is C26H34N4O3. The molecule has 0 amide bonds. The highest BCUT2D eigenvalue weighted by atomic mass is 16.5. The molecule has 1 saturated heterocycles. The minimum absolute atomic E-state index is 0.130. The molecule has 0 saturated carbocycles. The molecule has 3 N–H and O–H groups in total. The molecule has 1 aromatic carbocycles. The van der Waals surface area contributed by atoms with Gasteiger partial charge in [0, 0.05) is 19.0 Å². The number of hydrogen-bond donors (Lipinski definition) is 2. The van der Waals surface area contributed by atoms with Gasteiger partial charge in [-0.05, 0) is 44.2 Å². The molecule has 2 unspecified atom stereocenters. The number of aromatic nitrogens is 2. The van der Waals surface area contributed by atoms with Gasteiger partial charge in [0.1, 0.15) is 28.9 Å². The van der Waals surface area contributed by atoms with Crippen LogP contribution in [0.5, 0.6) is 0 Å². The summed E-state index contributed by atoms with van der Waals surface area (Å²) in [6.45, 7) is 7.35. The Kier molecular flexibility index (Phi) is 8.46. The van der Waals surface area contributed by atoms with Crippen LogP contribution in [-0.4, -0.2) is 41.6 Å². The van der Waals surface area contributed by atoms with Gasteiger partial charge in [0.05, 0.1) is 6.61 Å². The van der Waals surface area contributed by atoms with Crippen LogP contribution in [0.1, 0.15) is 57.2 Å². The number of piperidine rings is 1. The number of esters is 1. The highest BCUT2D eigenvalue weighted by molar-refractivity contribution is 6.03. The van der Waals surface area contributed by atoms with Crippen molar-refractivity contribution in [3.63, 3.8) is 0 Å². The fourth-order valence-corrected chi connectivity index (χ4v) is 4.23. The number of hydrogen-bond acceptors (Lipinski definition) is 6. The van der Waals surface area contributed by atoms with E-state index in [9.17, 15) is 9.59 Å². The molecule has 176 valence electrons. The van der Waals surface area contributed by atoms with Crippen LogP contribution >= 0.6 is 0 Å². The third-order valence-electron chi connectivity index (χ3n) is 5.96. The van der Waals surface area contributed by atoms with Crippen molar-refractivity contribution in [2.75, 3.05) is 30.3 Å². The molecule has 3 rings (SSSR count). The maximum absolute atomic E-state index is 12.9. The van der Waals surface area contributed by atoms with Crippen LogP contribution in [0.3, 0.4) is 0 Å². The van der Waals surface area contributed by atoms with Crippen molar-refractivity contribution in [2.45, 2.75) is 46.0 Å². The lowest BCUT2D eigenvalue weighted by molar-refractivity contribution is -0.148. The maximum atomic E-state index is 12.9. The van der Waals surface area contributed by atoms with Crippen molar-refractivity contribution < 1.29 is 14.3 Å². The average Bonchev–Trinajstić information content (AvgIpc) is 3.20. The molecule has 7 nitrogen and oxygen atoms in total. The van der Waals surface area contributed by atoms with Crippen LogP contribution < -0.4 is 10.6 Å². The normalized spacial score (nSPS) is 16.6. The average molecular weight is 451 g/mol. The van der Waals surface area contributed by atoms with Gasteiger partial charge in [-0.3, -0.25) is 14.7 Å². The van der Waals surface area contributed by atoms with Gasteiger partial charge in [-0.2, -0.15) is 5.10 Å². The standard InChI is InChI=1S/C26H34N4O3/c1-4-5-14-21(23-24(25(27)29-28-23)30-15-10-7-11-16-30)18(2)17-33-26(32)22(19(3)31)20-12-8-6-9-13-20/h4-6,8-9,12-14,18,22H,7,10-11,15-17H2,1-3H3,(H3,27,28,29)/b5-4-,21-14+. The van der Waals surface area contributed by atoms with Gasteiger partial charge in [-0.1, -0.05) is 55.5 Å². The number of rotatable bonds is 9. The van der Waals surface area contributed by atoms with Crippen LogP contribution in [-0.2, 0) is 14.3 Å². The molecule has 1 aromatic heterocycles. The van der Waals surface area contributed by atoms with Gasteiger partial charge < -0.3 is 15.4 Å². The van der Waals surface area contributed by atoms with Gasteiger partial charge in [0.25, 0.3) is 0 Å². The van der Waals surface area contributed by atoms with E-state index in [1.165, 1.54) is 13.3 Å². The highest BCUT2D eigenvalue weighted by Gasteiger charge is 2.29. The quantitative estimate of drug-likeness (QED) is 0.331. The van der Waals surface area contributed by atoms with E-state index in [4.69, 9.17) is 10.5 Å². The molecule has 0 spiro atoms. The summed E-state index contributed by atoms with van der Waals surface area (Å²) in [5.74, 6) is -1.31. The number of aromatic amines is 1. The Morgan fingerprint density at radius 1 is 1.21 bits per heavy atom. The lowest BCUT2D eigenvalue weighted by atomic mass is 9.94. The topological polar surface area (TPSA) is 101 Å². The number of nitrogen functional groups attached to an aromatic ring is 1. The molecule has 7 heteroatoms. The van der Waals surface area contributed by atoms with E-state index < -0.39 is 11.9 Å². The summed E-state index contributed by atoms with van der Waals surface area (Å²) in [5.41, 5.74) is 9.53. The Balaban J connectivity index is 1.80. The summed E-state index contributed by atoms with van der Waals surface area (Å²) in [4.78, 5) is 27.3. The van der Waals surface area contributed by atoms with Crippen molar-refractivity contribution in [1.29, 1.82) is 0 Å². The van der Waals surface area contributed by atoms with Crippen LogP contribution in [0.15, 0.2) is 48.6 Å². The SMILES string of the molecule is C/C=C\C=C(\c1n[nH]c(N)c1N1CCCCC1)C(C)COC(=O)C(C(C)=O)c1ccccc1. The Morgan fingerprint density at radius 3 is 2.55 bits per heavy atom. The first kappa shape index (κ1) is 24.3. The molecule has 1 aliphatic rings. The van der Waals surface area contributed by atoms with Crippen molar-refractivity contribution in [3.8, 4) is 0 Å². The number of carbonyl (C=O) groups is 2. The number of nitrogens with zero attached hydrogens (tertiary/aromatic N) is 2. The maximum Gasteiger partial charge on any atom is 0.321 e. The third-order valence-corrected chi connectivity index (χ3v) is 5.96. The van der Waals surface area contributed by atoms with Gasteiger partial charge in [0.15, 0.2) is 0 Å². The van der Waals surface area contributed by atoms with E-state index in [1.807, 2.05) is 50.3 Å². The Bertz CT molecular complexity index is 1000. The van der Waals surface area contributed by atoms with Crippen LogP contribution in [0.4, 0.5) is 11.5 Å². The zero-order valence-electron chi connectivity index (χ0n) is 19.7. The second kappa shape index (κ2) is 11.5. The second-order valence-electron chi connectivity index (χ2n) is 8.52. The smallest absolute Gasteiger partial charge is 0.321 e. The van der Waals surface area contributed by atoms with Crippen LogP contribution in [0.2, 0.25) is 0 Å². The predicted molar refractivity (Wildman–Crippen MR) is 132 cm³/mol. The number of Topliss-reactive ketones (excluding diaryl/α,β-unsaturated/α-hetero) is 1. The van der Waals surface area contributed by atoms with Crippen LogP contribution in [0, 0.1) is 5.92 Å². The molecule has 0 bridgehead atoms. The van der Waals surface area contributed by atoms with Gasteiger partial charge >= 0.3 is 5.97 Å². The molecule has 1 fully saturated rings. The number of carbonyl (C=O) groups excluding carboxylic acids is 2. The van der Waals surface area contributed by atoms with Crippen molar-refractivity contribution in [3.05, 3.63) is 59.8 Å². The lowest BCUT2D eigenvalue weighted by Gasteiger charge is -2.29. The fourth-order valence-electron chi connectivity index (χ4n) is 4.23. The molecular weight excluding hydrogens is 416 g/mol. The van der Waals surface area contributed by atoms with Crippen molar-refractivity contribution in [1.82, 2.24) is 10.2 Å². The van der Waals surface area contributed by atoms with Crippen LogP contribution in [0.25, 0.3) is 5.57 Å². The largest absolute Gasteiger partial charge is 0.464 e. The number of ether oxygens (including phenoxy) is 1. The zero-order chi connectivity index (χ0) is 23.8. The fraction of sp³-hybridized carbons (Fsp3) is 0.423. The van der Waals surface area contributed by atoms with Crippen molar-refractivity contribution in [2.24, 2.45) is 5.92 Å². The molecule has 2 atom stereocenters. The Morgan fingerprint density at radius 2 is 1.91 bits per heavy atom. The summed E-state index contributed by atoms with van der Waals surface area (Å²) in [7, 11) is 0. The molecule has 0 radical (unpaired) electrons. The number of nitrogens with two attached hydrogens (primary N) is 1. The summed E-state index contributed by atoms with van der Waals surface area (Å²) >= 11 is 0. The number of ketones is 1. The summed E-state index contributed by atoms with van der Waals surface area (Å²) in [6.07, 6.45) is 9.34. The molecule has 2 aromatic rings. The van der Waals surface area contributed by atoms with Crippen molar-refractivity contribution >= 4 is 28.8 Å². The minimum Gasteiger partial charge on any atom is -0.464 e. The summed E-state index contributed by atoms with van der Waals surface area (Å²) in [6, 6.07) is 9.01. The monoisotopic (exact) mass is 450 g/mol. The van der Waals surface area contributed by atoms with Gasteiger partial charge in [-0.15, -0.1) is 0 Å². The molecule has 2 heterocycles. The van der Waals surface area contributed by atoms with Gasteiger partial charge in [-0.25, -0.2) is 0 Å². The zero-order valence-corrected chi connectivity index (χ0v) is 19.7. The first-order valence-electron chi connectivity index (χ1n) is 11.6. The first-order chi connectivity index (χ1) is 15.9. The number of benzene rings is 1. The minimum atomic E-state index is -0.925. The van der Waals surface area contributed by atoms with E-state index in [0.717, 1.165) is 42.9 Å². The van der Waals surface area contributed by atoms with E-state index in [1.54, 1.807) is 12.1 Å². The molecule has 0 aliphatic carbocycles. The second-order valence-corrected chi connectivity index (χ2v) is 8.52. The van der Waals surface area contributed by atoms with E-state index >= 15 is 0 Å². The number of H-pyrrole nitrogens is 1. The predicted octanol–water partition coefficient (Wildman–Crippen LogP) is 4.49. The first-order valence-corrected chi connectivity index (χ1v) is 11.6. The summed E-state index contributed by atoms with van der Waals surface area (Å²) in [5, 5.41) is 7.45. The lowest BCUT2D eigenvalue weighted by Crippen LogP contribution is -2.30. The Labute approximate surface area is 195 Å². The van der Waals surface area contributed by atoms with Gasteiger partial charge in [0.2, 0.25) is 0 Å². The van der Waals surface area contributed by atoms with E-state index in [0.29, 0.717) is 11.4 Å². The Hall–Kier alpha value is -3.35. The van der Waals surface area contributed by atoms with E-state index in [2.05, 4.69) is 15.1 Å². The molecule has 33 heavy (non-hydrogen) atoms. The highest BCUT2D eigenvalue weighted by Crippen LogP contribution is 2.36. The van der Waals surface area contributed by atoms with E-state index in [-0.39, 0.29) is 18.3 Å². The summed E-state index contributed by atoms with van der Waals surface area (Å²) < 4.78 is 5.65. The number of nitrogens with one attached hydrogen (secondary N) is 1. The molecule has 1 aliphatic heterocycles.